The van der Waals surface area contributed by atoms with Crippen molar-refractivity contribution in [2.45, 2.75) is 32.6 Å². The van der Waals surface area contributed by atoms with Gasteiger partial charge in [-0.1, -0.05) is 60.2 Å². The van der Waals surface area contributed by atoms with E-state index in [0.717, 1.165) is 11.1 Å². The monoisotopic (exact) mass is 508 g/mol. The summed E-state index contributed by atoms with van der Waals surface area (Å²) in [6.07, 6.45) is 1.42. The number of esters is 4. The zero-order valence-corrected chi connectivity index (χ0v) is 21.8. The second-order valence-electron chi connectivity index (χ2n) is 9.23. The maximum Gasteiger partial charge on any atom is 0.323 e. The van der Waals surface area contributed by atoms with E-state index in [9.17, 15) is 19.2 Å². The van der Waals surface area contributed by atoms with Gasteiger partial charge in [-0.05, 0) is 54.9 Å². The van der Waals surface area contributed by atoms with Gasteiger partial charge < -0.3 is 18.9 Å². The van der Waals surface area contributed by atoms with Gasteiger partial charge in [0.2, 0.25) is 0 Å². The maximum absolute atomic E-state index is 13.3. The highest BCUT2D eigenvalue weighted by Gasteiger charge is 2.52. The van der Waals surface area contributed by atoms with Crippen LogP contribution in [-0.4, -0.2) is 52.3 Å². The number of hydrogen-bond donors (Lipinski definition) is 0. The number of fused-ring (bicyclic) bond motifs is 1. The molecule has 1 aliphatic carbocycles. The number of carbonyl (C=O) groups excluding carboxylic acids is 4. The molecule has 0 aromatic heterocycles. The van der Waals surface area contributed by atoms with Crippen molar-refractivity contribution >= 4 is 29.5 Å². The number of hydrogen-bond acceptors (Lipinski definition) is 8. The van der Waals surface area contributed by atoms with Gasteiger partial charge in [0, 0.05) is 0 Å². The normalized spacial score (nSPS) is 17.7. The van der Waals surface area contributed by atoms with Crippen LogP contribution in [0, 0.1) is 17.8 Å². The molecule has 8 heteroatoms. The second kappa shape index (κ2) is 11.4. The van der Waals surface area contributed by atoms with Gasteiger partial charge in [-0.3, -0.25) is 19.2 Å². The molecule has 0 saturated carbocycles. The maximum atomic E-state index is 13.3. The largest absolute Gasteiger partial charge is 0.468 e. The Morgan fingerprint density at radius 2 is 1.05 bits per heavy atom. The van der Waals surface area contributed by atoms with Gasteiger partial charge >= 0.3 is 23.9 Å². The zero-order chi connectivity index (χ0) is 27.2. The van der Waals surface area contributed by atoms with E-state index in [2.05, 4.69) is 0 Å². The van der Waals surface area contributed by atoms with Crippen molar-refractivity contribution in [2.75, 3.05) is 28.4 Å². The second-order valence-corrected chi connectivity index (χ2v) is 9.23. The van der Waals surface area contributed by atoms with Crippen LogP contribution in [0.5, 0.6) is 0 Å². The van der Waals surface area contributed by atoms with Gasteiger partial charge in [-0.2, -0.15) is 0 Å². The number of carbonyl (C=O) groups is 4. The molecule has 0 spiro atoms. The lowest BCUT2D eigenvalue weighted by Crippen LogP contribution is -2.46. The van der Waals surface area contributed by atoms with E-state index in [1.807, 2.05) is 31.2 Å². The molecule has 0 unspecified atom stereocenters. The lowest BCUT2D eigenvalue weighted by Gasteiger charge is -2.34. The summed E-state index contributed by atoms with van der Waals surface area (Å²) in [6, 6.07) is 14.5. The van der Waals surface area contributed by atoms with Gasteiger partial charge in [-0.15, -0.1) is 0 Å². The topological polar surface area (TPSA) is 105 Å². The van der Waals surface area contributed by atoms with E-state index >= 15 is 0 Å². The molecule has 0 heterocycles. The van der Waals surface area contributed by atoms with Crippen LogP contribution in [0.2, 0.25) is 0 Å². The first-order valence-corrected chi connectivity index (χ1v) is 11.8. The summed E-state index contributed by atoms with van der Waals surface area (Å²) in [7, 11) is 4.91. The molecule has 8 nitrogen and oxygen atoms in total. The summed E-state index contributed by atoms with van der Waals surface area (Å²) in [5.74, 6) is -2.94. The van der Waals surface area contributed by atoms with Crippen molar-refractivity contribution in [3.8, 4) is 0 Å². The molecule has 196 valence electrons. The molecule has 0 saturated heterocycles. The fourth-order valence-electron chi connectivity index (χ4n) is 4.92. The van der Waals surface area contributed by atoms with E-state index in [1.54, 1.807) is 30.3 Å². The van der Waals surface area contributed by atoms with E-state index in [4.69, 9.17) is 18.9 Å². The third-order valence-electron chi connectivity index (χ3n) is 7.02. The van der Waals surface area contributed by atoms with Gasteiger partial charge in [-0.25, -0.2) is 0 Å². The Kier molecular flexibility index (Phi) is 8.53. The number of aryl methyl sites for hydroxylation is 1. The summed E-state index contributed by atoms with van der Waals surface area (Å²) in [5.41, 5.74) is 0.138. The standard InChI is InChI=1S/C29H32O8/c1-19-10-12-20(13-11-19)23-14-15-28(24(30)34-2,25(31)35-3)16-21-8-6-7-9-22(21)17-29(18-23,26(32)36-4)27(33)37-5/h6-14H,15-18H2,1-5H3/b23-14+. The van der Waals surface area contributed by atoms with Crippen molar-refractivity contribution in [1.29, 1.82) is 0 Å². The number of allylic oxidation sites excluding steroid dienone is 2. The molecule has 0 fully saturated rings. The fourth-order valence-corrected chi connectivity index (χ4v) is 4.92. The van der Waals surface area contributed by atoms with Gasteiger partial charge in [0.05, 0.1) is 28.4 Å². The average Bonchev–Trinajstić information content (AvgIpc) is 2.93. The minimum absolute atomic E-state index is 0.0569. The van der Waals surface area contributed by atoms with Crippen molar-refractivity contribution in [2.24, 2.45) is 10.8 Å². The number of methoxy groups -OCH3 is 4. The van der Waals surface area contributed by atoms with Crippen molar-refractivity contribution in [3.05, 3.63) is 76.9 Å². The van der Waals surface area contributed by atoms with Gasteiger partial charge in [0.25, 0.3) is 0 Å². The molecular weight excluding hydrogens is 476 g/mol. The van der Waals surface area contributed by atoms with Crippen LogP contribution < -0.4 is 0 Å². The summed E-state index contributed by atoms with van der Waals surface area (Å²) < 4.78 is 20.5. The minimum Gasteiger partial charge on any atom is -0.468 e. The molecule has 3 rings (SSSR count). The molecule has 0 radical (unpaired) electrons. The number of ether oxygens (including phenoxy) is 4. The summed E-state index contributed by atoms with van der Waals surface area (Å²) >= 11 is 0. The Morgan fingerprint density at radius 1 is 0.622 bits per heavy atom. The average molecular weight is 509 g/mol. The Labute approximate surface area is 216 Å². The van der Waals surface area contributed by atoms with Crippen LogP contribution in [0.4, 0.5) is 0 Å². The van der Waals surface area contributed by atoms with Crippen LogP contribution >= 0.6 is 0 Å². The molecule has 0 amide bonds. The van der Waals surface area contributed by atoms with Crippen LogP contribution in [0.3, 0.4) is 0 Å². The first-order valence-electron chi connectivity index (χ1n) is 11.8. The quantitative estimate of drug-likeness (QED) is 0.343. The van der Waals surface area contributed by atoms with Crippen molar-refractivity contribution in [1.82, 2.24) is 0 Å². The Balaban J connectivity index is 2.36. The lowest BCUT2D eigenvalue weighted by molar-refractivity contribution is -0.171. The molecule has 0 bridgehead atoms. The zero-order valence-electron chi connectivity index (χ0n) is 21.8. The van der Waals surface area contributed by atoms with Crippen LogP contribution in [-0.2, 0) is 51.0 Å². The predicted octanol–water partition coefficient (Wildman–Crippen LogP) is 3.62. The number of benzene rings is 2. The van der Waals surface area contributed by atoms with E-state index < -0.39 is 34.7 Å². The Bertz CT molecular complexity index is 1180. The molecule has 2 aromatic rings. The first-order chi connectivity index (χ1) is 17.7. The highest BCUT2D eigenvalue weighted by atomic mass is 16.6. The number of rotatable bonds is 5. The molecular formula is C29H32O8. The molecule has 2 aromatic carbocycles. The lowest BCUT2D eigenvalue weighted by atomic mass is 9.69. The molecule has 0 N–H and O–H groups in total. The van der Waals surface area contributed by atoms with E-state index in [0.29, 0.717) is 16.7 Å². The summed E-state index contributed by atoms with van der Waals surface area (Å²) in [4.78, 5) is 53.0. The summed E-state index contributed by atoms with van der Waals surface area (Å²) in [5, 5.41) is 0. The summed E-state index contributed by atoms with van der Waals surface area (Å²) in [6.45, 7) is 1.94. The minimum atomic E-state index is -1.70. The van der Waals surface area contributed by atoms with Crippen LogP contribution in [0.1, 0.15) is 35.1 Å². The molecule has 1 aliphatic rings. The van der Waals surface area contributed by atoms with Crippen molar-refractivity contribution < 1.29 is 38.1 Å². The molecule has 0 atom stereocenters. The van der Waals surface area contributed by atoms with Crippen LogP contribution in [0.15, 0.2) is 54.6 Å². The Hall–Kier alpha value is -3.94. The third-order valence-corrected chi connectivity index (χ3v) is 7.02. The van der Waals surface area contributed by atoms with E-state index in [1.165, 1.54) is 28.4 Å². The predicted molar refractivity (Wildman–Crippen MR) is 135 cm³/mol. The molecule has 0 aliphatic heterocycles. The van der Waals surface area contributed by atoms with E-state index in [-0.39, 0.29) is 25.7 Å². The highest BCUT2D eigenvalue weighted by molar-refractivity contribution is 6.03. The fraction of sp³-hybridized carbons (Fsp3) is 0.379. The smallest absolute Gasteiger partial charge is 0.323 e. The van der Waals surface area contributed by atoms with Gasteiger partial charge in [0.1, 0.15) is 0 Å². The van der Waals surface area contributed by atoms with Crippen LogP contribution in [0.25, 0.3) is 5.57 Å². The SMILES string of the molecule is COC(=O)C1(C(=O)OC)C/C=C(/c2ccc(C)cc2)CC(C(=O)OC)(C(=O)OC)Cc2ccccc2C1. The highest BCUT2D eigenvalue weighted by Crippen LogP contribution is 2.42. The first kappa shape index (κ1) is 27.6. The third kappa shape index (κ3) is 5.28. The Morgan fingerprint density at radius 3 is 1.51 bits per heavy atom. The molecule has 37 heavy (non-hydrogen) atoms. The van der Waals surface area contributed by atoms with Crippen molar-refractivity contribution in [3.63, 3.8) is 0 Å². The van der Waals surface area contributed by atoms with Gasteiger partial charge in [0.15, 0.2) is 10.8 Å².